The van der Waals surface area contributed by atoms with Crippen LogP contribution in [0.4, 0.5) is 0 Å². The second kappa shape index (κ2) is 3.86. The van der Waals surface area contributed by atoms with Gasteiger partial charge in [0.25, 0.3) is 0 Å². The van der Waals surface area contributed by atoms with Crippen molar-refractivity contribution in [2.45, 2.75) is 55.4 Å². The molecule has 0 heteroatoms. The standard InChI is InChI=1S/C13H26/c1-10(9-12(3,4)5)11(2)13(6,7)8/h9,11H,1-8H3/b10-9+. The van der Waals surface area contributed by atoms with Gasteiger partial charge in [0.05, 0.1) is 0 Å². The van der Waals surface area contributed by atoms with Gasteiger partial charge in [0.2, 0.25) is 0 Å². The van der Waals surface area contributed by atoms with Gasteiger partial charge in [-0.1, -0.05) is 60.1 Å². The molecule has 0 rings (SSSR count). The largest absolute Gasteiger partial charge is 0.0799 e. The van der Waals surface area contributed by atoms with Crippen LogP contribution in [0.25, 0.3) is 0 Å². The smallest absolute Gasteiger partial charge is 0.0185 e. The first-order valence-electron chi connectivity index (χ1n) is 5.23. The van der Waals surface area contributed by atoms with Crippen LogP contribution in [-0.2, 0) is 0 Å². The highest BCUT2D eigenvalue weighted by atomic mass is 14.3. The molecule has 0 aliphatic heterocycles. The minimum absolute atomic E-state index is 0.309. The van der Waals surface area contributed by atoms with Crippen LogP contribution in [0.15, 0.2) is 11.6 Å². The summed E-state index contributed by atoms with van der Waals surface area (Å²) in [6, 6.07) is 0. The molecule has 78 valence electrons. The van der Waals surface area contributed by atoms with Gasteiger partial charge in [-0.25, -0.2) is 0 Å². The van der Waals surface area contributed by atoms with E-state index in [9.17, 15) is 0 Å². The zero-order valence-corrected chi connectivity index (χ0v) is 10.7. The highest BCUT2D eigenvalue weighted by molar-refractivity contribution is 5.09. The van der Waals surface area contributed by atoms with Gasteiger partial charge in [0.15, 0.2) is 0 Å². The normalized spacial score (nSPS) is 17.4. The molecule has 0 heterocycles. The van der Waals surface area contributed by atoms with E-state index < -0.39 is 0 Å². The SMILES string of the molecule is C/C(=C\C(C)(C)C)C(C)C(C)(C)C. The molecule has 0 saturated heterocycles. The Morgan fingerprint density at radius 1 is 1.00 bits per heavy atom. The maximum Gasteiger partial charge on any atom is -0.0185 e. The Kier molecular flexibility index (Phi) is 3.78. The molecule has 1 unspecified atom stereocenters. The molecule has 0 spiro atoms. The highest BCUT2D eigenvalue weighted by Crippen LogP contribution is 2.33. The van der Waals surface area contributed by atoms with Crippen molar-refractivity contribution < 1.29 is 0 Å². The van der Waals surface area contributed by atoms with E-state index in [0.717, 1.165) is 0 Å². The molecule has 0 fully saturated rings. The Labute approximate surface area is 84.4 Å². The van der Waals surface area contributed by atoms with Gasteiger partial charge in [0.1, 0.15) is 0 Å². The summed E-state index contributed by atoms with van der Waals surface area (Å²) in [5.74, 6) is 0.659. The first kappa shape index (κ1) is 12.7. The van der Waals surface area contributed by atoms with Gasteiger partial charge in [0, 0.05) is 0 Å². The van der Waals surface area contributed by atoms with E-state index in [1.165, 1.54) is 5.57 Å². The van der Waals surface area contributed by atoms with E-state index in [1.54, 1.807) is 0 Å². The molecule has 0 amide bonds. The minimum atomic E-state index is 0.309. The van der Waals surface area contributed by atoms with Crippen molar-refractivity contribution in [1.29, 1.82) is 0 Å². The number of hydrogen-bond acceptors (Lipinski definition) is 0. The average molecular weight is 182 g/mol. The van der Waals surface area contributed by atoms with Crippen molar-refractivity contribution in [3.8, 4) is 0 Å². The van der Waals surface area contributed by atoms with E-state index >= 15 is 0 Å². The van der Waals surface area contributed by atoms with Gasteiger partial charge in [-0.15, -0.1) is 0 Å². The molecule has 0 N–H and O–H groups in total. The van der Waals surface area contributed by atoms with Crippen LogP contribution in [-0.4, -0.2) is 0 Å². The van der Waals surface area contributed by atoms with Crippen LogP contribution in [0, 0.1) is 16.7 Å². The Balaban J connectivity index is 4.62. The van der Waals surface area contributed by atoms with Crippen molar-refractivity contribution in [3.05, 3.63) is 11.6 Å². The Hall–Kier alpha value is -0.260. The zero-order chi connectivity index (χ0) is 10.9. The predicted octanol–water partition coefficient (Wildman–Crippen LogP) is 4.66. The van der Waals surface area contributed by atoms with E-state index in [-0.39, 0.29) is 0 Å². The summed E-state index contributed by atoms with van der Waals surface area (Å²) in [6.45, 7) is 18.2. The van der Waals surface area contributed by atoms with Crippen LogP contribution >= 0.6 is 0 Å². The lowest BCUT2D eigenvalue weighted by molar-refractivity contribution is 0.297. The van der Waals surface area contributed by atoms with Gasteiger partial charge < -0.3 is 0 Å². The Morgan fingerprint density at radius 2 is 1.38 bits per heavy atom. The maximum atomic E-state index is 2.39. The molecule has 0 aromatic rings. The first-order chi connectivity index (χ1) is 5.54. The number of hydrogen-bond donors (Lipinski definition) is 0. The lowest BCUT2D eigenvalue weighted by atomic mass is 9.76. The van der Waals surface area contributed by atoms with E-state index in [1.807, 2.05) is 0 Å². The molecule has 1 atom stereocenters. The molecular formula is C13H26. The summed E-state index contributed by atoms with van der Waals surface area (Å²) in [4.78, 5) is 0. The van der Waals surface area contributed by atoms with Crippen molar-refractivity contribution in [1.82, 2.24) is 0 Å². The van der Waals surface area contributed by atoms with Crippen molar-refractivity contribution in [2.24, 2.45) is 16.7 Å². The maximum absolute atomic E-state index is 2.39. The molecule has 0 nitrogen and oxygen atoms in total. The summed E-state index contributed by atoms with van der Waals surface area (Å²) < 4.78 is 0. The van der Waals surface area contributed by atoms with E-state index in [4.69, 9.17) is 0 Å². The van der Waals surface area contributed by atoms with Crippen LogP contribution in [0.3, 0.4) is 0 Å². The fourth-order valence-corrected chi connectivity index (χ4v) is 1.49. The van der Waals surface area contributed by atoms with Crippen LogP contribution < -0.4 is 0 Å². The number of allylic oxidation sites excluding steroid dienone is 2. The lowest BCUT2D eigenvalue weighted by Crippen LogP contribution is -2.19. The summed E-state index contributed by atoms with van der Waals surface area (Å²) in [6.07, 6.45) is 2.39. The van der Waals surface area contributed by atoms with Crippen molar-refractivity contribution >= 4 is 0 Å². The molecule has 0 aromatic heterocycles. The molecule has 0 aliphatic carbocycles. The van der Waals surface area contributed by atoms with Gasteiger partial charge in [-0.3, -0.25) is 0 Å². The zero-order valence-electron chi connectivity index (χ0n) is 10.7. The van der Waals surface area contributed by atoms with Crippen LogP contribution in [0.5, 0.6) is 0 Å². The summed E-state index contributed by atoms with van der Waals surface area (Å²) >= 11 is 0. The second-order valence-corrected chi connectivity index (χ2v) is 6.34. The lowest BCUT2D eigenvalue weighted by Gasteiger charge is -2.29. The van der Waals surface area contributed by atoms with Gasteiger partial charge >= 0.3 is 0 Å². The fourth-order valence-electron chi connectivity index (χ4n) is 1.49. The summed E-state index contributed by atoms with van der Waals surface area (Å²) in [7, 11) is 0. The third kappa shape index (κ3) is 5.13. The predicted molar refractivity (Wildman–Crippen MR) is 61.8 cm³/mol. The summed E-state index contributed by atoms with van der Waals surface area (Å²) in [5, 5.41) is 0. The molecule has 0 aliphatic rings. The van der Waals surface area contributed by atoms with Crippen LogP contribution in [0.2, 0.25) is 0 Å². The number of rotatable bonds is 1. The van der Waals surface area contributed by atoms with E-state index in [2.05, 4.69) is 61.5 Å². The van der Waals surface area contributed by atoms with Gasteiger partial charge in [-0.05, 0) is 23.7 Å². The molecule has 13 heavy (non-hydrogen) atoms. The second-order valence-electron chi connectivity index (χ2n) is 6.34. The minimum Gasteiger partial charge on any atom is -0.0799 e. The van der Waals surface area contributed by atoms with Crippen LogP contribution in [0.1, 0.15) is 55.4 Å². The van der Waals surface area contributed by atoms with E-state index in [0.29, 0.717) is 16.7 Å². The first-order valence-corrected chi connectivity index (χ1v) is 5.23. The Bertz CT molecular complexity index is 183. The van der Waals surface area contributed by atoms with Crippen molar-refractivity contribution in [2.75, 3.05) is 0 Å². The topological polar surface area (TPSA) is 0 Å². The highest BCUT2D eigenvalue weighted by Gasteiger charge is 2.22. The molecule has 0 radical (unpaired) electrons. The third-order valence-electron chi connectivity index (χ3n) is 2.64. The average Bonchev–Trinajstić information content (AvgIpc) is 1.79. The molecular weight excluding hydrogens is 156 g/mol. The Morgan fingerprint density at radius 3 is 1.62 bits per heavy atom. The monoisotopic (exact) mass is 182 g/mol. The molecule has 0 bridgehead atoms. The van der Waals surface area contributed by atoms with Gasteiger partial charge in [-0.2, -0.15) is 0 Å². The summed E-state index contributed by atoms with van der Waals surface area (Å²) in [5.41, 5.74) is 2.20. The molecule has 0 aromatic carbocycles. The third-order valence-corrected chi connectivity index (χ3v) is 2.64. The van der Waals surface area contributed by atoms with Crippen molar-refractivity contribution in [3.63, 3.8) is 0 Å². The quantitative estimate of drug-likeness (QED) is 0.517. The molecule has 0 saturated carbocycles. The fraction of sp³-hybridized carbons (Fsp3) is 0.846.